The molecule has 0 radical (unpaired) electrons. The molecule has 0 saturated heterocycles. The van der Waals surface area contributed by atoms with Gasteiger partial charge in [0.25, 0.3) is 0 Å². The second-order valence-corrected chi connectivity index (χ2v) is 4.09. The lowest BCUT2D eigenvalue weighted by molar-refractivity contribution is 0.0759. The van der Waals surface area contributed by atoms with Gasteiger partial charge in [0.2, 0.25) is 0 Å². The lowest BCUT2D eigenvalue weighted by atomic mass is 10.2. The molecule has 0 fully saturated rings. The third-order valence-electron chi connectivity index (χ3n) is 2.22. The molecule has 1 aromatic rings. The fraction of sp³-hybridized carbons (Fsp3) is 0.500. The molecule has 1 aromatic carbocycles. The summed E-state index contributed by atoms with van der Waals surface area (Å²) < 4.78 is 5.39. The maximum Gasteiger partial charge on any atom is 0.134 e. The molecule has 2 N–H and O–H groups in total. The maximum absolute atomic E-state index is 9.25. The molecule has 1 atom stereocenters. The second kappa shape index (κ2) is 6.74. The number of ether oxygens (including phenoxy) is 1. The van der Waals surface area contributed by atoms with E-state index in [4.69, 9.17) is 16.3 Å². The number of aromatic hydroxyl groups is 1. The largest absolute Gasteiger partial charge is 0.506 e. The van der Waals surface area contributed by atoms with Gasteiger partial charge in [-0.2, -0.15) is 0 Å². The van der Waals surface area contributed by atoms with Crippen LogP contribution in [0.25, 0.3) is 0 Å². The summed E-state index contributed by atoms with van der Waals surface area (Å²) in [5.74, 6) is 0.119. The Bertz CT molecular complexity index is 331. The molecule has 0 aromatic heterocycles. The van der Waals surface area contributed by atoms with Gasteiger partial charge in [0.15, 0.2) is 0 Å². The minimum atomic E-state index is 0.119. The highest BCUT2D eigenvalue weighted by molar-refractivity contribution is 6.32. The molecule has 0 aliphatic heterocycles. The van der Waals surface area contributed by atoms with Gasteiger partial charge in [0, 0.05) is 19.7 Å². The van der Waals surface area contributed by atoms with Crippen molar-refractivity contribution in [1.82, 2.24) is 5.32 Å². The van der Waals surface area contributed by atoms with Crippen LogP contribution in [0.2, 0.25) is 5.02 Å². The summed E-state index contributed by atoms with van der Waals surface area (Å²) in [7, 11) is 0. The second-order valence-electron chi connectivity index (χ2n) is 3.68. The van der Waals surface area contributed by atoms with Crippen LogP contribution >= 0.6 is 11.6 Å². The Morgan fingerprint density at radius 2 is 2.25 bits per heavy atom. The first kappa shape index (κ1) is 13.3. The maximum atomic E-state index is 9.25. The Balaban J connectivity index is 2.34. The summed E-state index contributed by atoms with van der Waals surface area (Å²) in [6, 6.07) is 5.21. The summed E-state index contributed by atoms with van der Waals surface area (Å²) in [5.41, 5.74) is 1.05. The summed E-state index contributed by atoms with van der Waals surface area (Å²) in [6.07, 6.45) is 0.206. The van der Waals surface area contributed by atoms with Crippen molar-refractivity contribution in [2.24, 2.45) is 0 Å². The molecule has 16 heavy (non-hydrogen) atoms. The fourth-order valence-corrected chi connectivity index (χ4v) is 1.63. The molecule has 4 heteroatoms. The van der Waals surface area contributed by atoms with Crippen LogP contribution < -0.4 is 5.32 Å². The molecular weight excluding hydrogens is 226 g/mol. The number of halogens is 1. The first-order valence-electron chi connectivity index (χ1n) is 5.43. The first-order valence-corrected chi connectivity index (χ1v) is 5.81. The van der Waals surface area contributed by atoms with Gasteiger partial charge < -0.3 is 15.2 Å². The van der Waals surface area contributed by atoms with Crippen LogP contribution in [-0.4, -0.2) is 24.4 Å². The zero-order valence-electron chi connectivity index (χ0n) is 9.66. The van der Waals surface area contributed by atoms with Gasteiger partial charge in [-0.3, -0.25) is 0 Å². The number of phenolic OH excluding ortho intramolecular Hbond substituents is 1. The topological polar surface area (TPSA) is 41.5 Å². The molecule has 0 aliphatic carbocycles. The van der Waals surface area contributed by atoms with E-state index >= 15 is 0 Å². The van der Waals surface area contributed by atoms with Crippen molar-refractivity contribution >= 4 is 11.6 Å². The van der Waals surface area contributed by atoms with Crippen LogP contribution in [0.1, 0.15) is 19.4 Å². The van der Waals surface area contributed by atoms with Crippen LogP contribution in [0.4, 0.5) is 0 Å². The van der Waals surface area contributed by atoms with Crippen molar-refractivity contribution in [2.75, 3.05) is 13.2 Å². The van der Waals surface area contributed by atoms with E-state index in [1.54, 1.807) is 12.1 Å². The molecular formula is C12H18ClNO2. The lowest BCUT2D eigenvalue weighted by Crippen LogP contribution is -2.26. The normalized spacial score (nSPS) is 12.7. The standard InChI is InChI=1S/C12H18ClNO2/c1-3-16-9(2)7-14-8-10-4-5-12(15)11(13)6-10/h4-6,9,14-15H,3,7-8H2,1-2H3. The Morgan fingerprint density at radius 3 is 2.88 bits per heavy atom. The van der Waals surface area contributed by atoms with Crippen molar-refractivity contribution in [3.05, 3.63) is 28.8 Å². The van der Waals surface area contributed by atoms with Crippen molar-refractivity contribution < 1.29 is 9.84 Å². The lowest BCUT2D eigenvalue weighted by Gasteiger charge is -2.12. The Kier molecular flexibility index (Phi) is 5.60. The molecule has 90 valence electrons. The molecule has 0 heterocycles. The van der Waals surface area contributed by atoms with E-state index in [0.29, 0.717) is 5.02 Å². The van der Waals surface area contributed by atoms with Crippen molar-refractivity contribution in [3.63, 3.8) is 0 Å². The molecule has 3 nitrogen and oxygen atoms in total. The highest BCUT2D eigenvalue weighted by atomic mass is 35.5. The SMILES string of the molecule is CCOC(C)CNCc1ccc(O)c(Cl)c1. The van der Waals surface area contributed by atoms with Crippen molar-refractivity contribution in [3.8, 4) is 5.75 Å². The smallest absolute Gasteiger partial charge is 0.134 e. The van der Waals surface area contributed by atoms with E-state index in [1.165, 1.54) is 0 Å². The van der Waals surface area contributed by atoms with Gasteiger partial charge >= 0.3 is 0 Å². The Morgan fingerprint density at radius 1 is 1.50 bits per heavy atom. The summed E-state index contributed by atoms with van der Waals surface area (Å²) in [4.78, 5) is 0. The van der Waals surface area contributed by atoms with Gasteiger partial charge in [0.1, 0.15) is 5.75 Å². The van der Waals surface area contributed by atoms with Gasteiger partial charge in [-0.15, -0.1) is 0 Å². The van der Waals surface area contributed by atoms with Crippen molar-refractivity contribution in [1.29, 1.82) is 0 Å². The monoisotopic (exact) mass is 243 g/mol. The zero-order valence-corrected chi connectivity index (χ0v) is 10.4. The molecule has 0 amide bonds. The molecule has 0 aliphatic rings. The minimum Gasteiger partial charge on any atom is -0.506 e. The number of hydrogen-bond acceptors (Lipinski definition) is 3. The summed E-state index contributed by atoms with van der Waals surface area (Å²) >= 11 is 5.80. The zero-order chi connectivity index (χ0) is 12.0. The van der Waals surface area contributed by atoms with E-state index in [-0.39, 0.29) is 11.9 Å². The number of hydrogen-bond donors (Lipinski definition) is 2. The Labute approximate surface area is 101 Å². The molecule has 0 saturated carbocycles. The van der Waals surface area contributed by atoms with E-state index in [0.717, 1.165) is 25.3 Å². The molecule has 0 bridgehead atoms. The van der Waals surface area contributed by atoms with Gasteiger partial charge in [-0.05, 0) is 31.5 Å². The van der Waals surface area contributed by atoms with E-state index in [2.05, 4.69) is 5.32 Å². The highest BCUT2D eigenvalue weighted by Gasteiger charge is 2.02. The minimum absolute atomic E-state index is 0.119. The van der Waals surface area contributed by atoms with Crippen LogP contribution in [0, 0.1) is 0 Å². The quantitative estimate of drug-likeness (QED) is 0.807. The van der Waals surface area contributed by atoms with Crippen LogP contribution in [0.5, 0.6) is 5.75 Å². The van der Waals surface area contributed by atoms with Gasteiger partial charge in [-0.25, -0.2) is 0 Å². The average Bonchev–Trinajstić information content (AvgIpc) is 2.24. The van der Waals surface area contributed by atoms with E-state index in [9.17, 15) is 5.11 Å². The third kappa shape index (κ3) is 4.39. The summed E-state index contributed by atoms with van der Waals surface area (Å²) in [6.45, 7) is 6.26. The van der Waals surface area contributed by atoms with Crippen molar-refractivity contribution in [2.45, 2.75) is 26.5 Å². The van der Waals surface area contributed by atoms with Crippen LogP contribution in [0.15, 0.2) is 18.2 Å². The van der Waals surface area contributed by atoms with Crippen LogP contribution in [0.3, 0.4) is 0 Å². The number of benzene rings is 1. The number of nitrogens with one attached hydrogen (secondary N) is 1. The number of phenols is 1. The first-order chi connectivity index (χ1) is 7.63. The van der Waals surface area contributed by atoms with Gasteiger partial charge in [0.05, 0.1) is 11.1 Å². The Hall–Kier alpha value is -0.770. The highest BCUT2D eigenvalue weighted by Crippen LogP contribution is 2.23. The van der Waals surface area contributed by atoms with E-state index < -0.39 is 0 Å². The molecule has 0 spiro atoms. The molecule has 1 unspecified atom stereocenters. The fourth-order valence-electron chi connectivity index (χ4n) is 1.42. The third-order valence-corrected chi connectivity index (χ3v) is 2.53. The average molecular weight is 244 g/mol. The summed E-state index contributed by atoms with van der Waals surface area (Å²) in [5, 5.41) is 12.9. The van der Waals surface area contributed by atoms with Gasteiger partial charge in [-0.1, -0.05) is 17.7 Å². The van der Waals surface area contributed by atoms with E-state index in [1.807, 2.05) is 19.9 Å². The predicted octanol–water partition coefficient (Wildman–Crippen LogP) is 2.56. The molecule has 1 rings (SSSR count). The predicted molar refractivity (Wildman–Crippen MR) is 65.9 cm³/mol. The van der Waals surface area contributed by atoms with Crippen LogP contribution in [-0.2, 0) is 11.3 Å². The number of rotatable bonds is 6.